The molecule has 3 rings (SSSR count). The Kier molecular flexibility index (Phi) is 3.19. The number of rotatable bonds is 4. The Morgan fingerprint density at radius 3 is 2.22 bits per heavy atom. The van der Waals surface area contributed by atoms with Crippen molar-refractivity contribution in [2.45, 2.75) is 50.5 Å². The summed E-state index contributed by atoms with van der Waals surface area (Å²) >= 11 is 0. The van der Waals surface area contributed by atoms with Gasteiger partial charge in [0.1, 0.15) is 0 Å². The van der Waals surface area contributed by atoms with E-state index in [1.54, 1.807) is 4.31 Å². The Labute approximate surface area is 110 Å². The van der Waals surface area contributed by atoms with E-state index in [1.165, 1.54) is 32.1 Å². The van der Waals surface area contributed by atoms with Gasteiger partial charge in [0.25, 0.3) is 0 Å². The van der Waals surface area contributed by atoms with E-state index >= 15 is 0 Å². The maximum absolute atomic E-state index is 12.3. The Morgan fingerprint density at radius 1 is 1.06 bits per heavy atom. The minimum absolute atomic E-state index is 0.195. The highest BCUT2D eigenvalue weighted by Crippen LogP contribution is 2.44. The molecule has 0 aromatic heterocycles. The molecule has 1 saturated heterocycles. The topological polar surface area (TPSA) is 63.4 Å². The molecule has 1 heterocycles. The van der Waals surface area contributed by atoms with Gasteiger partial charge in [0, 0.05) is 18.6 Å². The highest BCUT2D eigenvalue weighted by Gasteiger charge is 2.53. The summed E-state index contributed by atoms with van der Waals surface area (Å²) in [6.07, 6.45) is 8.22. The van der Waals surface area contributed by atoms with Gasteiger partial charge in [-0.25, -0.2) is 8.42 Å². The first-order chi connectivity index (χ1) is 8.50. The summed E-state index contributed by atoms with van der Waals surface area (Å²) in [5.41, 5.74) is 6.03. The predicted octanol–water partition coefficient (Wildman–Crippen LogP) is 1.32. The van der Waals surface area contributed by atoms with Crippen LogP contribution in [0.25, 0.3) is 0 Å². The number of hydrogen-bond donors (Lipinski definition) is 1. The van der Waals surface area contributed by atoms with Crippen molar-refractivity contribution in [3.63, 3.8) is 0 Å². The zero-order chi connectivity index (χ0) is 12.8. The predicted molar refractivity (Wildman–Crippen MR) is 71.6 cm³/mol. The third kappa shape index (κ3) is 2.45. The van der Waals surface area contributed by atoms with Crippen LogP contribution in [-0.4, -0.2) is 37.1 Å². The summed E-state index contributed by atoms with van der Waals surface area (Å²) in [6, 6.07) is 0. The Hall–Kier alpha value is -0.130. The second kappa shape index (κ2) is 4.46. The summed E-state index contributed by atoms with van der Waals surface area (Å²) < 4.78 is 26.2. The lowest BCUT2D eigenvalue weighted by Gasteiger charge is -2.47. The molecule has 2 saturated carbocycles. The van der Waals surface area contributed by atoms with Gasteiger partial charge in [-0.15, -0.1) is 0 Å². The quantitative estimate of drug-likeness (QED) is 0.839. The van der Waals surface area contributed by atoms with Crippen LogP contribution in [-0.2, 0) is 10.0 Å². The van der Waals surface area contributed by atoms with Crippen molar-refractivity contribution < 1.29 is 8.42 Å². The van der Waals surface area contributed by atoms with Gasteiger partial charge < -0.3 is 5.73 Å². The van der Waals surface area contributed by atoms with Gasteiger partial charge in [0.15, 0.2) is 0 Å². The van der Waals surface area contributed by atoms with Crippen LogP contribution in [0.4, 0.5) is 0 Å². The monoisotopic (exact) mass is 272 g/mol. The van der Waals surface area contributed by atoms with Gasteiger partial charge >= 0.3 is 0 Å². The lowest BCUT2D eigenvalue weighted by Crippen LogP contribution is -2.70. The fourth-order valence-corrected chi connectivity index (χ4v) is 5.49. The molecule has 4 nitrogen and oxygen atoms in total. The molecule has 0 bridgehead atoms. The van der Waals surface area contributed by atoms with Crippen molar-refractivity contribution in [3.8, 4) is 0 Å². The van der Waals surface area contributed by atoms with Crippen molar-refractivity contribution in [2.24, 2.45) is 17.6 Å². The third-order valence-electron chi connectivity index (χ3n) is 4.90. The Balaban J connectivity index is 1.55. The normalized spacial score (nSPS) is 30.1. The van der Waals surface area contributed by atoms with Crippen LogP contribution in [0, 0.1) is 11.8 Å². The molecule has 18 heavy (non-hydrogen) atoms. The van der Waals surface area contributed by atoms with Crippen molar-refractivity contribution >= 4 is 10.0 Å². The molecule has 0 spiro atoms. The molecule has 5 heteroatoms. The largest absolute Gasteiger partial charge is 0.323 e. The SMILES string of the molecule is NC1(C2CC2)CN(S(=O)(=O)CC2CCCCC2)C1. The maximum Gasteiger partial charge on any atom is 0.214 e. The molecule has 0 unspecified atom stereocenters. The van der Waals surface area contributed by atoms with Gasteiger partial charge in [-0.05, 0) is 37.5 Å². The number of nitrogens with two attached hydrogens (primary N) is 1. The van der Waals surface area contributed by atoms with Crippen LogP contribution < -0.4 is 5.73 Å². The molecule has 0 amide bonds. The van der Waals surface area contributed by atoms with Gasteiger partial charge in [0.05, 0.1) is 5.75 Å². The summed E-state index contributed by atoms with van der Waals surface area (Å²) in [6.45, 7) is 1.12. The molecule has 0 aromatic rings. The maximum atomic E-state index is 12.3. The molecule has 2 N–H and O–H groups in total. The third-order valence-corrected chi connectivity index (χ3v) is 6.83. The molecular formula is C13H24N2O2S. The van der Waals surface area contributed by atoms with Crippen LogP contribution in [0.15, 0.2) is 0 Å². The van der Waals surface area contributed by atoms with Crippen molar-refractivity contribution in [1.82, 2.24) is 4.31 Å². The average molecular weight is 272 g/mol. The zero-order valence-electron chi connectivity index (χ0n) is 11.0. The Morgan fingerprint density at radius 2 is 1.67 bits per heavy atom. The van der Waals surface area contributed by atoms with E-state index in [4.69, 9.17) is 5.73 Å². The Bertz CT molecular complexity index is 405. The van der Waals surface area contributed by atoms with E-state index in [9.17, 15) is 8.42 Å². The lowest BCUT2D eigenvalue weighted by molar-refractivity contribution is 0.134. The molecule has 1 aliphatic heterocycles. The number of sulfonamides is 1. The lowest BCUT2D eigenvalue weighted by atomic mass is 9.88. The van der Waals surface area contributed by atoms with Crippen molar-refractivity contribution in [2.75, 3.05) is 18.8 Å². The van der Waals surface area contributed by atoms with Crippen LogP contribution >= 0.6 is 0 Å². The molecule has 2 aliphatic carbocycles. The molecule has 104 valence electrons. The van der Waals surface area contributed by atoms with E-state index in [-0.39, 0.29) is 5.54 Å². The average Bonchev–Trinajstić information content (AvgIpc) is 3.09. The van der Waals surface area contributed by atoms with Crippen LogP contribution in [0.3, 0.4) is 0 Å². The first kappa shape index (κ1) is 12.9. The summed E-state index contributed by atoms with van der Waals surface area (Å²) in [5.74, 6) is 1.32. The smallest absolute Gasteiger partial charge is 0.214 e. The molecule has 0 aromatic carbocycles. The van der Waals surface area contributed by atoms with Crippen LogP contribution in [0.1, 0.15) is 44.9 Å². The number of nitrogens with zero attached hydrogens (tertiary/aromatic N) is 1. The molecule has 0 atom stereocenters. The first-order valence-electron chi connectivity index (χ1n) is 7.26. The first-order valence-corrected chi connectivity index (χ1v) is 8.87. The van der Waals surface area contributed by atoms with Crippen LogP contribution in [0.5, 0.6) is 0 Å². The standard InChI is InChI=1S/C13H24N2O2S/c14-13(12-6-7-12)9-15(10-13)18(16,17)8-11-4-2-1-3-5-11/h11-12H,1-10,14H2. The van der Waals surface area contributed by atoms with E-state index in [2.05, 4.69) is 0 Å². The van der Waals surface area contributed by atoms with Crippen LogP contribution in [0.2, 0.25) is 0 Å². The molecule has 3 fully saturated rings. The van der Waals surface area contributed by atoms with Crippen molar-refractivity contribution in [1.29, 1.82) is 0 Å². The number of hydrogen-bond acceptors (Lipinski definition) is 3. The highest BCUT2D eigenvalue weighted by atomic mass is 32.2. The summed E-state index contributed by atoms with van der Waals surface area (Å²) in [7, 11) is -3.05. The van der Waals surface area contributed by atoms with E-state index < -0.39 is 10.0 Å². The second-order valence-corrected chi connectivity index (χ2v) is 8.57. The highest BCUT2D eigenvalue weighted by molar-refractivity contribution is 7.89. The van der Waals surface area contributed by atoms with Gasteiger partial charge in [-0.1, -0.05) is 19.3 Å². The summed E-state index contributed by atoms with van der Waals surface area (Å²) in [4.78, 5) is 0. The molecular weight excluding hydrogens is 248 g/mol. The minimum Gasteiger partial charge on any atom is -0.323 e. The molecule has 3 aliphatic rings. The van der Waals surface area contributed by atoms with E-state index in [0.717, 1.165) is 12.8 Å². The second-order valence-electron chi connectivity index (χ2n) is 6.56. The molecule has 0 radical (unpaired) electrons. The summed E-state index contributed by atoms with van der Waals surface area (Å²) in [5, 5.41) is 0. The fourth-order valence-electron chi connectivity index (χ4n) is 3.48. The van der Waals surface area contributed by atoms with Crippen molar-refractivity contribution in [3.05, 3.63) is 0 Å². The van der Waals surface area contributed by atoms with Gasteiger partial charge in [-0.2, -0.15) is 4.31 Å². The van der Waals surface area contributed by atoms with E-state index in [1.807, 2.05) is 0 Å². The van der Waals surface area contributed by atoms with E-state index in [0.29, 0.717) is 30.7 Å². The fraction of sp³-hybridized carbons (Fsp3) is 1.00. The zero-order valence-corrected chi connectivity index (χ0v) is 11.8. The van der Waals surface area contributed by atoms with Gasteiger partial charge in [0.2, 0.25) is 10.0 Å². The van der Waals surface area contributed by atoms with Gasteiger partial charge in [-0.3, -0.25) is 0 Å². The minimum atomic E-state index is -3.05.